The van der Waals surface area contributed by atoms with Crippen molar-refractivity contribution < 1.29 is 9.84 Å². The summed E-state index contributed by atoms with van der Waals surface area (Å²) in [6.45, 7) is 6.43. The van der Waals surface area contributed by atoms with Gasteiger partial charge in [-0.15, -0.1) is 0 Å². The second-order valence-corrected chi connectivity index (χ2v) is 5.05. The summed E-state index contributed by atoms with van der Waals surface area (Å²) < 4.78 is 5.51. The maximum absolute atomic E-state index is 10.3. The molecule has 1 saturated carbocycles. The second-order valence-electron chi connectivity index (χ2n) is 5.05. The minimum absolute atomic E-state index is 0.213. The van der Waals surface area contributed by atoms with Gasteiger partial charge < -0.3 is 9.84 Å². The highest BCUT2D eigenvalue weighted by Gasteiger charge is 2.33. The molecule has 2 nitrogen and oxygen atoms in total. The number of hydrogen-bond donors (Lipinski definition) is 1. The fraction of sp³-hybridized carbons (Fsp3) is 1.00. The Labute approximate surface area is 87.7 Å². The number of rotatable bonds is 4. The van der Waals surface area contributed by atoms with Crippen molar-refractivity contribution in [3.63, 3.8) is 0 Å². The van der Waals surface area contributed by atoms with Gasteiger partial charge in [0.1, 0.15) is 0 Å². The molecule has 1 atom stereocenters. The van der Waals surface area contributed by atoms with E-state index in [1.165, 1.54) is 19.3 Å². The van der Waals surface area contributed by atoms with Crippen LogP contribution >= 0.6 is 0 Å². The van der Waals surface area contributed by atoms with E-state index >= 15 is 0 Å². The first-order valence-electron chi connectivity index (χ1n) is 5.86. The highest BCUT2D eigenvalue weighted by molar-refractivity contribution is 4.84. The smallest absolute Gasteiger partial charge is 0.0880 e. The molecule has 0 aromatic carbocycles. The molecule has 1 N–H and O–H groups in total. The number of ether oxygens (including phenoxy) is 1. The third-order valence-electron chi connectivity index (χ3n) is 3.19. The van der Waals surface area contributed by atoms with Crippen molar-refractivity contribution in [2.24, 2.45) is 5.92 Å². The van der Waals surface area contributed by atoms with Crippen LogP contribution in [0, 0.1) is 5.92 Å². The summed E-state index contributed by atoms with van der Waals surface area (Å²) in [5.41, 5.74) is -0.620. The Bertz CT molecular complexity index is 158. The van der Waals surface area contributed by atoms with Gasteiger partial charge in [0, 0.05) is 0 Å². The van der Waals surface area contributed by atoms with Crippen LogP contribution < -0.4 is 0 Å². The summed E-state index contributed by atoms with van der Waals surface area (Å²) in [6.07, 6.45) is 6.40. The van der Waals surface area contributed by atoms with Gasteiger partial charge in [0.15, 0.2) is 0 Å². The lowest BCUT2D eigenvalue weighted by molar-refractivity contribution is -0.0945. The monoisotopic (exact) mass is 200 g/mol. The molecule has 2 heteroatoms. The standard InChI is InChI=1S/C12H24O2/c1-10(2)14-9-12(3,13)11-7-5-4-6-8-11/h10-11,13H,4-9H2,1-3H3. The van der Waals surface area contributed by atoms with Gasteiger partial charge in [0.05, 0.1) is 18.3 Å². The minimum Gasteiger partial charge on any atom is -0.387 e. The van der Waals surface area contributed by atoms with Crippen LogP contribution in [0.2, 0.25) is 0 Å². The lowest BCUT2D eigenvalue weighted by Gasteiger charge is -2.35. The summed E-state index contributed by atoms with van der Waals surface area (Å²) in [6, 6.07) is 0. The largest absolute Gasteiger partial charge is 0.387 e. The molecule has 0 aromatic rings. The molecule has 1 aliphatic rings. The molecule has 1 fully saturated rings. The Morgan fingerprint density at radius 1 is 1.29 bits per heavy atom. The van der Waals surface area contributed by atoms with E-state index in [4.69, 9.17) is 4.74 Å². The Kier molecular flexibility index (Phi) is 4.39. The van der Waals surface area contributed by atoms with Gasteiger partial charge in [0.25, 0.3) is 0 Å². The van der Waals surface area contributed by atoms with E-state index in [0.29, 0.717) is 12.5 Å². The molecule has 84 valence electrons. The van der Waals surface area contributed by atoms with Crippen molar-refractivity contribution >= 4 is 0 Å². The summed E-state index contributed by atoms with van der Waals surface area (Å²) in [5.74, 6) is 0.440. The van der Waals surface area contributed by atoms with Crippen LogP contribution in [0.5, 0.6) is 0 Å². The third kappa shape index (κ3) is 3.58. The predicted molar refractivity (Wildman–Crippen MR) is 58.3 cm³/mol. The normalized spacial score (nSPS) is 23.8. The van der Waals surface area contributed by atoms with Crippen molar-refractivity contribution in [1.82, 2.24) is 0 Å². The van der Waals surface area contributed by atoms with Gasteiger partial charge in [-0.25, -0.2) is 0 Å². The fourth-order valence-corrected chi connectivity index (χ4v) is 2.18. The molecule has 1 unspecified atom stereocenters. The van der Waals surface area contributed by atoms with E-state index in [2.05, 4.69) is 0 Å². The molecule has 1 rings (SSSR count). The second kappa shape index (κ2) is 5.13. The van der Waals surface area contributed by atoms with Gasteiger partial charge in [-0.05, 0) is 39.5 Å². The first-order valence-corrected chi connectivity index (χ1v) is 5.86. The molecule has 0 bridgehead atoms. The minimum atomic E-state index is -0.620. The van der Waals surface area contributed by atoms with Crippen LogP contribution in [-0.2, 0) is 4.74 Å². The van der Waals surface area contributed by atoms with E-state index < -0.39 is 5.60 Å². The van der Waals surface area contributed by atoms with Crippen LogP contribution in [0.25, 0.3) is 0 Å². The van der Waals surface area contributed by atoms with Gasteiger partial charge in [0.2, 0.25) is 0 Å². The lowest BCUT2D eigenvalue weighted by Crippen LogP contribution is -2.41. The molecule has 0 aliphatic heterocycles. The zero-order chi connectivity index (χ0) is 10.6. The summed E-state index contributed by atoms with van der Waals surface area (Å²) in [4.78, 5) is 0. The van der Waals surface area contributed by atoms with Crippen molar-refractivity contribution in [3.8, 4) is 0 Å². The predicted octanol–water partition coefficient (Wildman–Crippen LogP) is 2.74. The average Bonchev–Trinajstić information content (AvgIpc) is 2.16. The van der Waals surface area contributed by atoms with Gasteiger partial charge >= 0.3 is 0 Å². The van der Waals surface area contributed by atoms with Crippen molar-refractivity contribution in [1.29, 1.82) is 0 Å². The van der Waals surface area contributed by atoms with E-state index in [1.807, 2.05) is 20.8 Å². The number of aliphatic hydroxyl groups is 1. The van der Waals surface area contributed by atoms with Crippen LogP contribution in [-0.4, -0.2) is 23.4 Å². The van der Waals surface area contributed by atoms with E-state index in [1.54, 1.807) is 0 Å². The third-order valence-corrected chi connectivity index (χ3v) is 3.19. The Morgan fingerprint density at radius 3 is 2.36 bits per heavy atom. The lowest BCUT2D eigenvalue weighted by atomic mass is 9.78. The summed E-state index contributed by atoms with van der Waals surface area (Å²) in [5, 5.41) is 10.3. The van der Waals surface area contributed by atoms with E-state index in [0.717, 1.165) is 12.8 Å². The summed E-state index contributed by atoms with van der Waals surface area (Å²) >= 11 is 0. The molecule has 14 heavy (non-hydrogen) atoms. The Balaban J connectivity index is 2.37. The van der Waals surface area contributed by atoms with Crippen molar-refractivity contribution in [2.45, 2.75) is 64.6 Å². The topological polar surface area (TPSA) is 29.5 Å². The first kappa shape index (κ1) is 12.0. The highest BCUT2D eigenvalue weighted by Crippen LogP contribution is 2.32. The van der Waals surface area contributed by atoms with Crippen molar-refractivity contribution in [2.75, 3.05) is 6.61 Å². The van der Waals surface area contributed by atoms with Gasteiger partial charge in [-0.3, -0.25) is 0 Å². The molecule has 0 radical (unpaired) electrons. The molecular formula is C12H24O2. The molecule has 0 amide bonds. The average molecular weight is 200 g/mol. The quantitative estimate of drug-likeness (QED) is 0.756. The maximum atomic E-state index is 10.3. The molecule has 1 aliphatic carbocycles. The zero-order valence-corrected chi connectivity index (χ0v) is 9.75. The van der Waals surface area contributed by atoms with E-state index in [-0.39, 0.29) is 6.10 Å². The molecular weight excluding hydrogens is 176 g/mol. The Morgan fingerprint density at radius 2 is 1.86 bits per heavy atom. The van der Waals surface area contributed by atoms with Gasteiger partial charge in [-0.2, -0.15) is 0 Å². The zero-order valence-electron chi connectivity index (χ0n) is 9.75. The first-order chi connectivity index (χ1) is 6.52. The molecule has 0 aromatic heterocycles. The Hall–Kier alpha value is -0.0800. The van der Waals surface area contributed by atoms with Gasteiger partial charge in [-0.1, -0.05) is 19.3 Å². The van der Waals surface area contributed by atoms with Crippen LogP contribution in [0.4, 0.5) is 0 Å². The maximum Gasteiger partial charge on any atom is 0.0880 e. The molecule has 0 heterocycles. The SMILES string of the molecule is CC(C)OCC(C)(O)C1CCCCC1. The molecule has 0 saturated heterocycles. The van der Waals surface area contributed by atoms with Crippen LogP contribution in [0.1, 0.15) is 52.9 Å². The van der Waals surface area contributed by atoms with Crippen LogP contribution in [0.15, 0.2) is 0 Å². The molecule has 0 spiro atoms. The van der Waals surface area contributed by atoms with Crippen molar-refractivity contribution in [3.05, 3.63) is 0 Å². The highest BCUT2D eigenvalue weighted by atomic mass is 16.5. The summed E-state index contributed by atoms with van der Waals surface area (Å²) in [7, 11) is 0. The van der Waals surface area contributed by atoms with Crippen LogP contribution in [0.3, 0.4) is 0 Å². The fourth-order valence-electron chi connectivity index (χ4n) is 2.18. The van der Waals surface area contributed by atoms with E-state index in [9.17, 15) is 5.11 Å². The number of hydrogen-bond acceptors (Lipinski definition) is 2.